The third-order valence-corrected chi connectivity index (χ3v) is 4.46. The Bertz CT molecular complexity index is 64.8. The first kappa shape index (κ1) is 8.35. The van der Waals surface area contributed by atoms with Crippen LogP contribution in [0, 0.1) is 0 Å². The van der Waals surface area contributed by atoms with Gasteiger partial charge in [0.25, 0.3) is 0 Å². The van der Waals surface area contributed by atoms with Crippen molar-refractivity contribution in [3.8, 4) is 0 Å². The van der Waals surface area contributed by atoms with E-state index in [2.05, 4.69) is 33.3 Å². The van der Waals surface area contributed by atoms with Crippen LogP contribution in [-0.2, 0) is 10.9 Å². The van der Waals surface area contributed by atoms with Crippen LogP contribution in [0.1, 0.15) is 27.2 Å². The van der Waals surface area contributed by atoms with Gasteiger partial charge >= 0.3 is 0 Å². The van der Waals surface area contributed by atoms with Crippen LogP contribution in [0.15, 0.2) is 0 Å². The van der Waals surface area contributed by atoms with E-state index in [1.807, 2.05) is 0 Å². The van der Waals surface area contributed by atoms with Crippen LogP contribution in [0.5, 0.6) is 0 Å². The van der Waals surface area contributed by atoms with Gasteiger partial charge in [-0.2, -0.15) is 0 Å². The Kier molecular flexibility index (Phi) is 2.89. The van der Waals surface area contributed by atoms with E-state index in [4.69, 9.17) is 0 Å². The van der Waals surface area contributed by atoms with Crippen molar-refractivity contribution in [3.05, 3.63) is 0 Å². The van der Waals surface area contributed by atoms with Crippen LogP contribution in [0.4, 0.5) is 0 Å². The summed E-state index contributed by atoms with van der Waals surface area (Å²) in [4.78, 5) is 0. The average Bonchev–Trinajstić information content (AvgIpc) is 1.67. The topological polar surface area (TPSA) is 0 Å². The predicted octanol–water partition coefficient (Wildman–Crippen LogP) is 2.05. The van der Waals surface area contributed by atoms with Gasteiger partial charge in [-0.25, -0.2) is 0 Å². The average molecular weight is 133 g/mol. The molecule has 0 heterocycles. The molecule has 0 N–H and O–H groups in total. The SMILES string of the molecule is CCC(C)(C)[S+](C)C. The van der Waals surface area contributed by atoms with Gasteiger partial charge in [0.2, 0.25) is 0 Å². The Morgan fingerprint density at radius 2 is 1.62 bits per heavy atom. The number of rotatable bonds is 2. The highest BCUT2D eigenvalue weighted by Gasteiger charge is 2.27. The van der Waals surface area contributed by atoms with Gasteiger partial charge in [0, 0.05) is 0 Å². The Hall–Kier alpha value is 0.350. The van der Waals surface area contributed by atoms with Crippen molar-refractivity contribution < 1.29 is 0 Å². The van der Waals surface area contributed by atoms with Gasteiger partial charge in [-0.3, -0.25) is 0 Å². The molecule has 0 bridgehead atoms. The van der Waals surface area contributed by atoms with E-state index < -0.39 is 0 Å². The van der Waals surface area contributed by atoms with Crippen molar-refractivity contribution in [1.29, 1.82) is 0 Å². The molecule has 0 saturated carbocycles. The van der Waals surface area contributed by atoms with Gasteiger partial charge in [-0.05, 0) is 31.2 Å². The normalized spacial score (nSPS) is 12.8. The second kappa shape index (κ2) is 2.77. The molecule has 0 amide bonds. The third-order valence-electron chi connectivity index (χ3n) is 1.96. The highest BCUT2D eigenvalue weighted by Crippen LogP contribution is 2.18. The third kappa shape index (κ3) is 2.08. The quantitative estimate of drug-likeness (QED) is 0.506. The van der Waals surface area contributed by atoms with Crippen LogP contribution in [-0.4, -0.2) is 17.3 Å². The van der Waals surface area contributed by atoms with Crippen LogP contribution < -0.4 is 0 Å². The molecule has 1 heteroatoms. The molecular weight excluding hydrogens is 116 g/mol. The highest BCUT2D eigenvalue weighted by molar-refractivity contribution is 7.96. The van der Waals surface area contributed by atoms with Crippen molar-refractivity contribution in [2.24, 2.45) is 0 Å². The van der Waals surface area contributed by atoms with E-state index in [1.165, 1.54) is 6.42 Å². The van der Waals surface area contributed by atoms with Crippen LogP contribution in [0.25, 0.3) is 0 Å². The summed E-state index contributed by atoms with van der Waals surface area (Å²) >= 11 is 0. The second-order valence-corrected chi connectivity index (χ2v) is 5.67. The fourth-order valence-electron chi connectivity index (χ4n) is 0.289. The summed E-state index contributed by atoms with van der Waals surface area (Å²) in [6.07, 6.45) is 5.91. The Morgan fingerprint density at radius 3 is 1.62 bits per heavy atom. The molecule has 8 heavy (non-hydrogen) atoms. The van der Waals surface area contributed by atoms with Crippen molar-refractivity contribution in [2.45, 2.75) is 31.9 Å². The summed E-state index contributed by atoms with van der Waals surface area (Å²) in [7, 11) is 0.574. The van der Waals surface area contributed by atoms with Crippen LogP contribution >= 0.6 is 0 Å². The minimum Gasteiger partial charge on any atom is -0.0604 e. The van der Waals surface area contributed by atoms with E-state index >= 15 is 0 Å². The minimum atomic E-state index is 0.569. The zero-order chi connectivity index (χ0) is 6.78. The maximum Gasteiger partial charge on any atom is 0.121 e. The van der Waals surface area contributed by atoms with Gasteiger partial charge in [-0.15, -0.1) is 0 Å². The monoisotopic (exact) mass is 133 g/mol. The Balaban J connectivity index is 3.71. The summed E-state index contributed by atoms with van der Waals surface area (Å²) < 4.78 is 0.569. The molecule has 0 aromatic rings. The predicted molar refractivity (Wildman–Crippen MR) is 43.6 cm³/mol. The van der Waals surface area contributed by atoms with Gasteiger partial charge in [-0.1, -0.05) is 6.92 Å². The van der Waals surface area contributed by atoms with Crippen molar-refractivity contribution in [2.75, 3.05) is 12.5 Å². The molecule has 0 aliphatic heterocycles. The second-order valence-electron chi connectivity index (χ2n) is 2.93. The largest absolute Gasteiger partial charge is 0.121 e. The summed E-state index contributed by atoms with van der Waals surface area (Å²) in [5.74, 6) is 0. The molecular formula is C7H17S+. The van der Waals surface area contributed by atoms with Gasteiger partial charge in [0.15, 0.2) is 0 Å². The lowest BCUT2D eigenvalue weighted by molar-refractivity contribution is 0.679. The van der Waals surface area contributed by atoms with E-state index in [9.17, 15) is 0 Å². The first-order chi connectivity index (χ1) is 3.50. The fraction of sp³-hybridized carbons (Fsp3) is 1.00. The van der Waals surface area contributed by atoms with Crippen LogP contribution in [0.2, 0.25) is 0 Å². The lowest BCUT2D eigenvalue weighted by Gasteiger charge is -2.17. The summed E-state index contributed by atoms with van der Waals surface area (Å²) in [6, 6.07) is 0. The van der Waals surface area contributed by atoms with Crippen molar-refractivity contribution in [3.63, 3.8) is 0 Å². The molecule has 0 aliphatic carbocycles. The van der Waals surface area contributed by atoms with Gasteiger partial charge < -0.3 is 0 Å². The smallest absolute Gasteiger partial charge is 0.0604 e. The molecule has 0 unspecified atom stereocenters. The number of hydrogen-bond acceptors (Lipinski definition) is 0. The molecule has 0 aliphatic rings. The molecule has 0 fully saturated rings. The molecule has 0 aromatic carbocycles. The van der Waals surface area contributed by atoms with Crippen LogP contribution in [0.3, 0.4) is 0 Å². The maximum atomic E-state index is 2.33. The van der Waals surface area contributed by atoms with Crippen molar-refractivity contribution >= 4 is 10.9 Å². The molecule has 0 spiro atoms. The van der Waals surface area contributed by atoms with Crippen molar-refractivity contribution in [1.82, 2.24) is 0 Å². The molecule has 0 aromatic heterocycles. The Labute approximate surface area is 56.0 Å². The fourth-order valence-corrected chi connectivity index (χ4v) is 0.866. The molecule has 50 valence electrons. The van der Waals surface area contributed by atoms with E-state index in [0.717, 1.165) is 0 Å². The van der Waals surface area contributed by atoms with E-state index in [0.29, 0.717) is 15.6 Å². The van der Waals surface area contributed by atoms with E-state index in [-0.39, 0.29) is 0 Å². The van der Waals surface area contributed by atoms with E-state index in [1.54, 1.807) is 0 Å². The molecule has 0 atom stereocenters. The molecule has 0 saturated heterocycles. The minimum absolute atomic E-state index is 0.569. The zero-order valence-corrected chi connectivity index (χ0v) is 7.43. The summed E-state index contributed by atoms with van der Waals surface area (Å²) in [6.45, 7) is 6.92. The highest BCUT2D eigenvalue weighted by atomic mass is 32.2. The van der Waals surface area contributed by atoms with Gasteiger partial charge in [0.05, 0.1) is 12.5 Å². The Morgan fingerprint density at radius 1 is 1.25 bits per heavy atom. The summed E-state index contributed by atoms with van der Waals surface area (Å²) in [5, 5.41) is 0. The zero-order valence-electron chi connectivity index (χ0n) is 6.62. The maximum absolute atomic E-state index is 2.33. The lowest BCUT2D eigenvalue weighted by atomic mass is 10.1. The first-order valence-electron chi connectivity index (χ1n) is 3.08. The standard InChI is InChI=1S/C7H17S/c1-6-7(2,3)8(4)5/h6H2,1-5H3/q+1. The van der Waals surface area contributed by atoms with Gasteiger partial charge in [0.1, 0.15) is 4.75 Å². The lowest BCUT2D eigenvalue weighted by Crippen LogP contribution is -2.28. The molecule has 0 nitrogen and oxygen atoms in total. The summed E-state index contributed by atoms with van der Waals surface area (Å²) in [5.41, 5.74) is 0. The first-order valence-corrected chi connectivity index (χ1v) is 5.12. The molecule has 0 radical (unpaired) electrons. The molecule has 0 rings (SSSR count). The number of hydrogen-bond donors (Lipinski definition) is 0.